The van der Waals surface area contributed by atoms with E-state index in [4.69, 9.17) is 11.6 Å². The molecule has 0 heterocycles. The Morgan fingerprint density at radius 2 is 1.71 bits per heavy atom. The molecule has 0 fully saturated rings. The molecule has 2 aromatic rings. The lowest BCUT2D eigenvalue weighted by Crippen LogP contribution is -2.06. The number of aromatic carboxylic acids is 1. The van der Waals surface area contributed by atoms with Gasteiger partial charge in [0, 0.05) is 0 Å². The van der Waals surface area contributed by atoms with E-state index in [0.717, 1.165) is 11.1 Å². The summed E-state index contributed by atoms with van der Waals surface area (Å²) in [4.78, 5) is 11.4. The van der Waals surface area contributed by atoms with Gasteiger partial charge in [-0.2, -0.15) is 0 Å². The lowest BCUT2D eigenvalue weighted by Gasteiger charge is -2.16. The van der Waals surface area contributed by atoms with Gasteiger partial charge in [-0.1, -0.05) is 17.7 Å². The van der Waals surface area contributed by atoms with Crippen LogP contribution in [-0.4, -0.2) is 11.1 Å². The lowest BCUT2D eigenvalue weighted by molar-refractivity contribution is 0.0698. The maximum Gasteiger partial charge on any atom is 0.337 e. The van der Waals surface area contributed by atoms with Crippen molar-refractivity contribution in [2.24, 2.45) is 0 Å². The van der Waals surface area contributed by atoms with Crippen molar-refractivity contribution in [2.75, 3.05) is 5.32 Å². The third kappa shape index (κ3) is 3.16. The van der Waals surface area contributed by atoms with E-state index in [1.165, 1.54) is 12.1 Å². The summed E-state index contributed by atoms with van der Waals surface area (Å²) < 4.78 is 13.3. The van der Waals surface area contributed by atoms with Crippen LogP contribution in [0.5, 0.6) is 0 Å². The van der Waals surface area contributed by atoms with Crippen LogP contribution in [-0.2, 0) is 0 Å². The van der Waals surface area contributed by atoms with E-state index in [0.29, 0.717) is 16.9 Å². The zero-order chi connectivity index (χ0) is 15.7. The summed E-state index contributed by atoms with van der Waals surface area (Å²) in [6.07, 6.45) is 0. The van der Waals surface area contributed by atoms with Crippen LogP contribution >= 0.6 is 11.6 Å². The molecule has 0 aliphatic heterocycles. The summed E-state index contributed by atoms with van der Waals surface area (Å²) in [5.41, 5.74) is 3.38. The molecule has 2 aromatic carbocycles. The molecular weight excluding hydrogens is 293 g/mol. The number of nitrogens with one attached hydrogen (secondary N) is 1. The van der Waals surface area contributed by atoms with E-state index in [2.05, 4.69) is 5.32 Å². The molecule has 0 spiro atoms. The Bertz CT molecular complexity index is 705. The van der Waals surface area contributed by atoms with Gasteiger partial charge in [0.1, 0.15) is 5.82 Å². The number of carboxylic acid groups (broad SMARTS) is 1. The predicted molar refractivity (Wildman–Crippen MR) is 82.3 cm³/mol. The average molecular weight is 308 g/mol. The topological polar surface area (TPSA) is 49.3 Å². The van der Waals surface area contributed by atoms with E-state index >= 15 is 0 Å². The fraction of sp³-hybridized carbons (Fsp3) is 0.188. The summed E-state index contributed by atoms with van der Waals surface area (Å²) in [7, 11) is 0. The first-order chi connectivity index (χ1) is 9.79. The van der Waals surface area contributed by atoms with E-state index < -0.39 is 11.8 Å². The second-order valence-corrected chi connectivity index (χ2v) is 5.42. The summed E-state index contributed by atoms with van der Waals surface area (Å²) in [5, 5.41) is 12.6. The highest BCUT2D eigenvalue weighted by atomic mass is 35.5. The van der Waals surface area contributed by atoms with Crippen molar-refractivity contribution in [3.05, 3.63) is 57.4 Å². The van der Waals surface area contributed by atoms with Crippen LogP contribution < -0.4 is 5.32 Å². The average Bonchev–Trinajstić information content (AvgIpc) is 2.34. The highest BCUT2D eigenvalue weighted by molar-refractivity contribution is 6.33. The molecule has 3 nitrogen and oxygen atoms in total. The number of carbonyl (C=O) groups is 1. The molecule has 21 heavy (non-hydrogen) atoms. The number of halogens is 2. The second kappa shape index (κ2) is 5.74. The number of anilines is 2. The number of aryl methyl sites for hydroxylation is 3. The predicted octanol–water partition coefficient (Wildman–Crippen LogP) is 4.85. The van der Waals surface area contributed by atoms with Gasteiger partial charge in [-0.3, -0.25) is 0 Å². The van der Waals surface area contributed by atoms with Crippen molar-refractivity contribution in [3.63, 3.8) is 0 Å². The zero-order valence-electron chi connectivity index (χ0n) is 11.9. The number of carboxylic acids is 1. The van der Waals surface area contributed by atoms with Gasteiger partial charge in [0.2, 0.25) is 0 Å². The van der Waals surface area contributed by atoms with Crippen LogP contribution in [0, 0.1) is 26.6 Å². The largest absolute Gasteiger partial charge is 0.478 e. The van der Waals surface area contributed by atoms with Gasteiger partial charge in [0.05, 0.1) is 22.0 Å². The van der Waals surface area contributed by atoms with Gasteiger partial charge in [-0.25, -0.2) is 9.18 Å². The van der Waals surface area contributed by atoms with Gasteiger partial charge < -0.3 is 10.4 Å². The fourth-order valence-electron chi connectivity index (χ4n) is 2.29. The lowest BCUT2D eigenvalue weighted by atomic mass is 10.0. The molecule has 0 radical (unpaired) electrons. The van der Waals surface area contributed by atoms with Crippen LogP contribution in [0.15, 0.2) is 24.3 Å². The van der Waals surface area contributed by atoms with Crippen LogP contribution in [0.2, 0.25) is 5.02 Å². The molecule has 0 saturated heterocycles. The van der Waals surface area contributed by atoms with Crippen molar-refractivity contribution in [2.45, 2.75) is 20.8 Å². The first kappa shape index (κ1) is 15.3. The minimum absolute atomic E-state index is 0.160. The highest BCUT2D eigenvalue weighted by Crippen LogP contribution is 2.33. The summed E-state index contributed by atoms with van der Waals surface area (Å²) in [5.74, 6) is -1.46. The Balaban J connectivity index is 2.57. The SMILES string of the molecule is Cc1cc(C)c(Nc2c(C)cc(F)cc2Cl)c(C(=O)O)c1. The third-order valence-electron chi connectivity index (χ3n) is 3.21. The van der Waals surface area contributed by atoms with E-state index in [1.54, 1.807) is 13.0 Å². The third-order valence-corrected chi connectivity index (χ3v) is 3.51. The minimum Gasteiger partial charge on any atom is -0.478 e. The Hall–Kier alpha value is -2.07. The van der Waals surface area contributed by atoms with Gasteiger partial charge in [0.25, 0.3) is 0 Å². The maximum atomic E-state index is 13.3. The highest BCUT2D eigenvalue weighted by Gasteiger charge is 2.16. The first-order valence-electron chi connectivity index (χ1n) is 6.37. The Morgan fingerprint density at radius 3 is 2.29 bits per heavy atom. The molecule has 5 heteroatoms. The molecule has 0 unspecified atom stereocenters. The Labute approximate surface area is 127 Å². The molecule has 2 N–H and O–H groups in total. The van der Waals surface area contributed by atoms with Gasteiger partial charge >= 0.3 is 5.97 Å². The molecule has 0 aliphatic carbocycles. The number of rotatable bonds is 3. The normalized spacial score (nSPS) is 10.5. The van der Waals surface area contributed by atoms with Gasteiger partial charge in [0.15, 0.2) is 0 Å². The molecular formula is C16H15ClFNO2. The van der Waals surface area contributed by atoms with Crippen LogP contribution in [0.3, 0.4) is 0 Å². The van der Waals surface area contributed by atoms with Crippen LogP contribution in [0.1, 0.15) is 27.0 Å². The number of benzene rings is 2. The fourth-order valence-corrected chi connectivity index (χ4v) is 2.59. The Morgan fingerprint density at radius 1 is 1.10 bits per heavy atom. The van der Waals surface area contributed by atoms with Crippen molar-refractivity contribution < 1.29 is 14.3 Å². The second-order valence-electron chi connectivity index (χ2n) is 5.01. The standard InChI is InChI=1S/C16H15ClFNO2/c1-8-4-9(2)14(12(5-8)16(20)21)19-15-10(3)6-11(18)7-13(15)17/h4-7,19H,1-3H3,(H,20,21). The van der Waals surface area contributed by atoms with E-state index in [-0.39, 0.29) is 10.6 Å². The van der Waals surface area contributed by atoms with Crippen LogP contribution in [0.25, 0.3) is 0 Å². The van der Waals surface area contributed by atoms with Crippen molar-refractivity contribution >= 4 is 28.9 Å². The van der Waals surface area contributed by atoms with Gasteiger partial charge in [-0.05, 0) is 55.7 Å². The molecule has 110 valence electrons. The maximum absolute atomic E-state index is 13.3. The van der Waals surface area contributed by atoms with Crippen LogP contribution in [0.4, 0.5) is 15.8 Å². The molecule has 0 amide bonds. The molecule has 0 bridgehead atoms. The monoisotopic (exact) mass is 307 g/mol. The summed E-state index contributed by atoms with van der Waals surface area (Å²) in [6, 6.07) is 6.00. The number of hydrogen-bond donors (Lipinski definition) is 2. The first-order valence-corrected chi connectivity index (χ1v) is 6.74. The zero-order valence-corrected chi connectivity index (χ0v) is 12.7. The molecule has 0 atom stereocenters. The van der Waals surface area contributed by atoms with E-state index in [9.17, 15) is 14.3 Å². The summed E-state index contributed by atoms with van der Waals surface area (Å²) in [6.45, 7) is 5.36. The van der Waals surface area contributed by atoms with Crippen molar-refractivity contribution in [3.8, 4) is 0 Å². The Kier molecular flexibility index (Phi) is 4.19. The van der Waals surface area contributed by atoms with Crippen molar-refractivity contribution in [1.82, 2.24) is 0 Å². The quantitative estimate of drug-likeness (QED) is 0.852. The molecule has 2 rings (SSSR count). The van der Waals surface area contributed by atoms with E-state index in [1.807, 2.05) is 19.9 Å². The number of hydrogen-bond acceptors (Lipinski definition) is 2. The molecule has 0 aliphatic rings. The summed E-state index contributed by atoms with van der Waals surface area (Å²) >= 11 is 6.05. The molecule has 0 aromatic heterocycles. The smallest absolute Gasteiger partial charge is 0.337 e. The van der Waals surface area contributed by atoms with Gasteiger partial charge in [-0.15, -0.1) is 0 Å². The molecule has 0 saturated carbocycles. The van der Waals surface area contributed by atoms with Crippen molar-refractivity contribution in [1.29, 1.82) is 0 Å². The minimum atomic E-state index is -1.03.